The number of hydrogen-bond donors (Lipinski definition) is 5. The maximum Gasteiger partial charge on any atom is 0.353 e. The number of carbonyl (C=O) groups excluding carboxylic acids is 2. The number of nitrogens with two attached hydrogens (primary N) is 1. The second-order valence-corrected chi connectivity index (χ2v) is 9.01. The zero-order valence-corrected chi connectivity index (χ0v) is 21.1. The Morgan fingerprint density at radius 2 is 1.81 bits per heavy atom. The fraction of sp³-hybridized carbons (Fsp3) is 0.348. The summed E-state index contributed by atoms with van der Waals surface area (Å²) in [6, 6.07) is 5.04. The molecule has 0 fully saturated rings. The van der Waals surface area contributed by atoms with E-state index in [4.69, 9.17) is 21.0 Å². The standard InChI is InChI=1S/C23H26FN3O7S.ClH/c1-3-23(4-2,22(33)27-15(20(30)31)10-18(28)29)11-13-6-8-17(35-13)21(32)34-16-7-5-12(19(25)26)9-14(16)24;/h5-9,15H,3-4,10-11H2,1-2H3,(H3,25,26)(H,27,33)(H,28,29)(H,30,31);1H/t15-;/m0./s1. The number of rotatable bonds is 12. The average Bonchev–Trinajstić information content (AvgIpc) is 3.26. The second kappa shape index (κ2) is 13.0. The number of thiophene rings is 1. The maximum atomic E-state index is 14.2. The molecule has 1 atom stereocenters. The fourth-order valence-corrected chi connectivity index (χ4v) is 4.43. The molecule has 0 radical (unpaired) electrons. The van der Waals surface area contributed by atoms with Crippen molar-refractivity contribution in [1.82, 2.24) is 5.32 Å². The van der Waals surface area contributed by atoms with E-state index in [2.05, 4.69) is 5.32 Å². The van der Waals surface area contributed by atoms with Crippen molar-refractivity contribution in [3.05, 3.63) is 51.5 Å². The van der Waals surface area contributed by atoms with Crippen molar-refractivity contribution in [3.8, 4) is 5.75 Å². The number of aliphatic carboxylic acids is 2. The summed E-state index contributed by atoms with van der Waals surface area (Å²) in [6.45, 7) is 3.51. The van der Waals surface area contributed by atoms with Crippen molar-refractivity contribution >= 4 is 53.4 Å². The molecule has 0 saturated heterocycles. The number of esters is 1. The minimum absolute atomic E-state index is 0. The first-order chi connectivity index (χ1) is 16.4. The summed E-state index contributed by atoms with van der Waals surface area (Å²) in [4.78, 5) is 48.6. The number of carboxylic acids is 2. The van der Waals surface area contributed by atoms with E-state index in [0.29, 0.717) is 17.7 Å². The summed E-state index contributed by atoms with van der Waals surface area (Å²) in [5.41, 5.74) is 4.42. The summed E-state index contributed by atoms with van der Waals surface area (Å²) in [5.74, 6) is -5.74. The lowest BCUT2D eigenvalue weighted by Crippen LogP contribution is -2.49. The number of amides is 1. The highest BCUT2D eigenvalue weighted by Crippen LogP contribution is 2.34. The maximum absolute atomic E-state index is 14.2. The molecule has 0 bridgehead atoms. The third kappa shape index (κ3) is 7.49. The lowest BCUT2D eigenvalue weighted by Gasteiger charge is -2.31. The number of nitrogen functional groups attached to an aromatic ring is 1. The lowest BCUT2D eigenvalue weighted by atomic mass is 9.77. The third-order valence-electron chi connectivity index (χ3n) is 5.64. The van der Waals surface area contributed by atoms with Gasteiger partial charge < -0.3 is 26.0 Å². The van der Waals surface area contributed by atoms with Gasteiger partial charge in [-0.25, -0.2) is 14.0 Å². The van der Waals surface area contributed by atoms with E-state index in [1.165, 1.54) is 18.2 Å². The van der Waals surface area contributed by atoms with Crippen LogP contribution in [0.3, 0.4) is 0 Å². The van der Waals surface area contributed by atoms with E-state index in [9.17, 15) is 28.7 Å². The Labute approximate surface area is 216 Å². The number of hydrogen-bond acceptors (Lipinski definition) is 7. The summed E-state index contributed by atoms with van der Waals surface area (Å²) in [5, 5.41) is 27.8. The highest BCUT2D eigenvalue weighted by atomic mass is 35.5. The van der Waals surface area contributed by atoms with Gasteiger partial charge in [0.15, 0.2) is 11.6 Å². The van der Waals surface area contributed by atoms with Crippen LogP contribution in [-0.2, 0) is 20.8 Å². The van der Waals surface area contributed by atoms with Crippen molar-refractivity contribution in [3.63, 3.8) is 0 Å². The zero-order chi connectivity index (χ0) is 26.3. The summed E-state index contributed by atoms with van der Waals surface area (Å²) < 4.78 is 19.3. The molecule has 196 valence electrons. The van der Waals surface area contributed by atoms with Gasteiger partial charge in [0.05, 0.1) is 11.8 Å². The van der Waals surface area contributed by atoms with Crippen LogP contribution in [0.4, 0.5) is 4.39 Å². The fourth-order valence-electron chi connectivity index (χ4n) is 3.40. The largest absolute Gasteiger partial charge is 0.481 e. The van der Waals surface area contributed by atoms with E-state index in [0.717, 1.165) is 17.4 Å². The molecule has 0 spiro atoms. The normalized spacial score (nSPS) is 11.6. The molecule has 13 heteroatoms. The lowest BCUT2D eigenvalue weighted by molar-refractivity contribution is -0.148. The first kappa shape index (κ1) is 30.5. The molecule has 0 aliphatic heterocycles. The van der Waals surface area contributed by atoms with E-state index in [1.54, 1.807) is 19.9 Å². The molecule has 0 saturated carbocycles. The van der Waals surface area contributed by atoms with Gasteiger partial charge in [-0.15, -0.1) is 23.7 Å². The van der Waals surface area contributed by atoms with Crippen LogP contribution in [-0.4, -0.2) is 45.9 Å². The first-order valence-corrected chi connectivity index (χ1v) is 11.4. The van der Waals surface area contributed by atoms with Crippen molar-refractivity contribution in [2.45, 2.75) is 45.6 Å². The van der Waals surface area contributed by atoms with Crippen molar-refractivity contribution in [2.75, 3.05) is 0 Å². The van der Waals surface area contributed by atoms with Gasteiger partial charge in [-0.05, 0) is 49.6 Å². The third-order valence-corrected chi connectivity index (χ3v) is 6.70. The minimum atomic E-state index is -1.57. The van der Waals surface area contributed by atoms with Crippen LogP contribution in [0.2, 0.25) is 0 Å². The van der Waals surface area contributed by atoms with Crippen LogP contribution in [0.1, 0.15) is 53.2 Å². The summed E-state index contributed by atoms with van der Waals surface area (Å²) in [6.07, 6.45) is 0.0780. The Morgan fingerprint density at radius 3 is 2.31 bits per heavy atom. The Hall–Kier alpha value is -3.51. The molecule has 0 unspecified atom stereocenters. The number of carbonyl (C=O) groups is 4. The molecule has 0 aliphatic rings. The Balaban J connectivity index is 0.00000648. The first-order valence-electron chi connectivity index (χ1n) is 10.6. The van der Waals surface area contributed by atoms with Gasteiger partial charge in [0.25, 0.3) is 0 Å². The molecule has 0 aliphatic carbocycles. The molecule has 6 N–H and O–H groups in total. The van der Waals surface area contributed by atoms with E-state index in [1.807, 2.05) is 0 Å². The zero-order valence-electron chi connectivity index (χ0n) is 19.5. The number of benzene rings is 1. The SMILES string of the molecule is CCC(CC)(Cc1ccc(C(=O)Oc2ccc(C(=N)N)cc2F)s1)C(=O)N[C@@H](CC(=O)O)C(=O)O.Cl. The van der Waals surface area contributed by atoms with Crippen molar-refractivity contribution < 1.29 is 38.5 Å². The van der Waals surface area contributed by atoms with Gasteiger partial charge in [-0.2, -0.15) is 0 Å². The van der Waals surface area contributed by atoms with Crippen LogP contribution in [0, 0.1) is 16.6 Å². The van der Waals surface area contributed by atoms with Crippen molar-refractivity contribution in [1.29, 1.82) is 5.41 Å². The monoisotopic (exact) mass is 543 g/mol. The topological polar surface area (TPSA) is 180 Å². The van der Waals surface area contributed by atoms with Crippen LogP contribution >= 0.6 is 23.7 Å². The summed E-state index contributed by atoms with van der Waals surface area (Å²) >= 11 is 1.04. The molecule has 1 aromatic carbocycles. The van der Waals surface area contributed by atoms with Gasteiger partial charge >= 0.3 is 17.9 Å². The number of halogens is 2. The van der Waals surface area contributed by atoms with Crippen LogP contribution < -0.4 is 15.8 Å². The molecule has 10 nitrogen and oxygen atoms in total. The van der Waals surface area contributed by atoms with Gasteiger partial charge in [-0.3, -0.25) is 15.0 Å². The quantitative estimate of drug-likeness (QED) is 0.117. The van der Waals surface area contributed by atoms with Gasteiger partial charge in [0, 0.05) is 10.4 Å². The number of nitrogens with one attached hydrogen (secondary N) is 2. The molecular weight excluding hydrogens is 517 g/mol. The molecule has 2 aromatic rings. The average molecular weight is 544 g/mol. The molecule has 2 rings (SSSR count). The van der Waals surface area contributed by atoms with Gasteiger partial charge in [0.1, 0.15) is 16.8 Å². The highest BCUT2D eigenvalue weighted by molar-refractivity contribution is 7.14. The number of ether oxygens (including phenoxy) is 1. The molecule has 1 aromatic heterocycles. The number of carboxylic acid groups (broad SMARTS) is 2. The predicted octanol–water partition coefficient (Wildman–Crippen LogP) is 3.21. The predicted molar refractivity (Wildman–Crippen MR) is 132 cm³/mol. The summed E-state index contributed by atoms with van der Waals surface area (Å²) in [7, 11) is 0. The Bertz CT molecular complexity index is 1150. The van der Waals surface area contributed by atoms with Crippen LogP contribution in [0.15, 0.2) is 30.3 Å². The van der Waals surface area contributed by atoms with E-state index >= 15 is 0 Å². The molecule has 1 heterocycles. The van der Waals surface area contributed by atoms with Crippen LogP contribution in [0.5, 0.6) is 5.75 Å². The van der Waals surface area contributed by atoms with E-state index in [-0.39, 0.29) is 40.9 Å². The molecular formula is C23H27ClFN3O7S. The smallest absolute Gasteiger partial charge is 0.353 e. The highest BCUT2D eigenvalue weighted by Gasteiger charge is 2.38. The van der Waals surface area contributed by atoms with Gasteiger partial charge in [0.2, 0.25) is 5.91 Å². The van der Waals surface area contributed by atoms with Crippen molar-refractivity contribution in [2.24, 2.45) is 11.1 Å². The second-order valence-electron chi connectivity index (χ2n) is 7.84. The minimum Gasteiger partial charge on any atom is -0.481 e. The Morgan fingerprint density at radius 1 is 1.17 bits per heavy atom. The molecule has 36 heavy (non-hydrogen) atoms. The van der Waals surface area contributed by atoms with Gasteiger partial charge in [-0.1, -0.05) is 13.8 Å². The van der Waals surface area contributed by atoms with Crippen LogP contribution in [0.25, 0.3) is 0 Å². The number of amidine groups is 1. The molecule has 1 amide bonds. The van der Waals surface area contributed by atoms with E-state index < -0.39 is 47.5 Å². The Kier molecular flexibility index (Phi) is 11.0.